The lowest BCUT2D eigenvalue weighted by Gasteiger charge is -2.15. The van der Waals surface area contributed by atoms with E-state index < -0.39 is 38.3 Å². The van der Waals surface area contributed by atoms with Gasteiger partial charge in [-0.15, -0.1) is 0 Å². The normalized spacial score (nSPS) is 13.6. The first kappa shape index (κ1) is 18.4. The molecule has 0 saturated heterocycles. The molecule has 1 rings (SSSR count). The molecule has 0 aliphatic heterocycles. The van der Waals surface area contributed by atoms with Crippen molar-refractivity contribution in [3.63, 3.8) is 0 Å². The van der Waals surface area contributed by atoms with E-state index in [1.165, 1.54) is 6.07 Å². The molecule has 122 valence electrons. The van der Waals surface area contributed by atoms with Crippen molar-refractivity contribution in [1.82, 2.24) is 4.72 Å². The van der Waals surface area contributed by atoms with Gasteiger partial charge in [0, 0.05) is 12.6 Å². The number of aliphatic hydroxyl groups excluding tert-OH is 1. The van der Waals surface area contributed by atoms with E-state index in [1.54, 1.807) is 6.92 Å². The molecule has 0 heterocycles. The van der Waals surface area contributed by atoms with Gasteiger partial charge in [0.25, 0.3) is 0 Å². The molecule has 1 aromatic rings. The third kappa shape index (κ3) is 4.69. The van der Waals surface area contributed by atoms with Gasteiger partial charge in [0.05, 0.1) is 22.1 Å². The highest BCUT2D eigenvalue weighted by molar-refractivity contribution is 7.89. The van der Waals surface area contributed by atoms with E-state index in [0.717, 1.165) is 12.1 Å². The van der Waals surface area contributed by atoms with E-state index >= 15 is 0 Å². The van der Waals surface area contributed by atoms with Gasteiger partial charge >= 0.3 is 6.18 Å². The fraction of sp³-hybridized carbons (Fsp3) is 0.462. The number of hydrogen-bond acceptors (Lipinski definition) is 4. The number of alkyl halides is 3. The number of benzene rings is 1. The molecule has 0 aromatic heterocycles. The van der Waals surface area contributed by atoms with Crippen molar-refractivity contribution in [3.8, 4) is 6.07 Å². The Hall–Kier alpha value is -1.63. The van der Waals surface area contributed by atoms with Crippen molar-refractivity contribution in [2.75, 3.05) is 6.61 Å². The predicted molar refractivity (Wildman–Crippen MR) is 72.3 cm³/mol. The van der Waals surface area contributed by atoms with Crippen molar-refractivity contribution < 1.29 is 26.7 Å². The van der Waals surface area contributed by atoms with Crippen LogP contribution in [0.5, 0.6) is 0 Å². The van der Waals surface area contributed by atoms with E-state index in [9.17, 15) is 21.6 Å². The van der Waals surface area contributed by atoms with Crippen LogP contribution in [0, 0.1) is 11.3 Å². The van der Waals surface area contributed by atoms with Crippen molar-refractivity contribution >= 4 is 10.0 Å². The second-order valence-corrected chi connectivity index (χ2v) is 6.42. The minimum Gasteiger partial charge on any atom is -0.396 e. The van der Waals surface area contributed by atoms with Crippen molar-refractivity contribution in [2.45, 2.75) is 36.9 Å². The predicted octanol–water partition coefficient (Wildman–Crippen LogP) is 2.02. The van der Waals surface area contributed by atoms with Gasteiger partial charge in [-0.25, -0.2) is 13.1 Å². The molecule has 5 nitrogen and oxygen atoms in total. The molecule has 0 spiro atoms. The Labute approximate surface area is 126 Å². The Balaban J connectivity index is 3.14. The number of halogens is 3. The third-order valence-corrected chi connectivity index (χ3v) is 4.47. The monoisotopic (exact) mass is 336 g/mol. The molecule has 1 aromatic carbocycles. The maximum atomic E-state index is 12.8. The van der Waals surface area contributed by atoms with E-state index in [1.807, 2.05) is 0 Å². The summed E-state index contributed by atoms with van der Waals surface area (Å²) in [7, 11) is -4.14. The molecule has 1 unspecified atom stereocenters. The maximum absolute atomic E-state index is 12.8. The topological polar surface area (TPSA) is 90.2 Å². The van der Waals surface area contributed by atoms with Gasteiger partial charge in [-0.05, 0) is 38.0 Å². The first-order chi connectivity index (χ1) is 10.1. The molecule has 2 N–H and O–H groups in total. The third-order valence-electron chi connectivity index (χ3n) is 2.88. The molecule has 0 amide bonds. The van der Waals surface area contributed by atoms with Crippen LogP contribution in [0.15, 0.2) is 23.1 Å². The molecule has 22 heavy (non-hydrogen) atoms. The van der Waals surface area contributed by atoms with Crippen LogP contribution in [-0.2, 0) is 16.2 Å². The molecule has 0 bridgehead atoms. The van der Waals surface area contributed by atoms with Gasteiger partial charge in [-0.2, -0.15) is 18.4 Å². The van der Waals surface area contributed by atoms with Crippen LogP contribution >= 0.6 is 0 Å². The number of nitrogens with one attached hydrogen (secondary N) is 1. The zero-order chi connectivity index (χ0) is 17.0. The Morgan fingerprint density at radius 2 is 2.05 bits per heavy atom. The zero-order valence-electron chi connectivity index (χ0n) is 11.7. The van der Waals surface area contributed by atoms with Gasteiger partial charge in [0.2, 0.25) is 10.0 Å². The van der Waals surface area contributed by atoms with E-state index in [-0.39, 0.29) is 6.61 Å². The maximum Gasteiger partial charge on any atom is 0.417 e. The molecule has 0 radical (unpaired) electrons. The van der Waals surface area contributed by atoms with Crippen LogP contribution in [0.3, 0.4) is 0 Å². The smallest absolute Gasteiger partial charge is 0.396 e. The number of rotatable bonds is 6. The second-order valence-electron chi connectivity index (χ2n) is 4.71. The van der Waals surface area contributed by atoms with Gasteiger partial charge in [0.1, 0.15) is 0 Å². The minimum atomic E-state index is -4.82. The van der Waals surface area contributed by atoms with Crippen LogP contribution in [0.25, 0.3) is 0 Å². The number of nitrogens with zero attached hydrogens (tertiary/aromatic N) is 1. The summed E-state index contributed by atoms with van der Waals surface area (Å²) in [5.74, 6) is 0. The summed E-state index contributed by atoms with van der Waals surface area (Å²) in [5.41, 5.74) is -1.93. The van der Waals surface area contributed by atoms with Crippen molar-refractivity contribution in [2.24, 2.45) is 0 Å². The van der Waals surface area contributed by atoms with Crippen molar-refractivity contribution in [3.05, 3.63) is 29.3 Å². The standard InChI is InChI=1S/C13H15F3N2O3S/c1-9(3-2-6-19)18-22(20,21)11-5-4-10(8-17)12(7-11)13(14,15)16/h4-5,7,9,18-19H,2-3,6H2,1H3. The fourth-order valence-electron chi connectivity index (χ4n) is 1.81. The summed E-state index contributed by atoms with van der Waals surface area (Å²) in [5, 5.41) is 17.4. The summed E-state index contributed by atoms with van der Waals surface area (Å²) in [4.78, 5) is -0.560. The second kappa shape index (κ2) is 7.09. The van der Waals surface area contributed by atoms with E-state index in [2.05, 4.69) is 4.72 Å². The van der Waals surface area contributed by atoms with E-state index in [4.69, 9.17) is 10.4 Å². The van der Waals surface area contributed by atoms with Gasteiger partial charge in [0.15, 0.2) is 0 Å². The summed E-state index contributed by atoms with van der Waals surface area (Å²) < 4.78 is 64.9. The molecule has 0 fully saturated rings. The summed E-state index contributed by atoms with van der Waals surface area (Å²) in [6.07, 6.45) is -4.11. The minimum absolute atomic E-state index is 0.110. The van der Waals surface area contributed by atoms with Crippen molar-refractivity contribution in [1.29, 1.82) is 5.26 Å². The lowest BCUT2D eigenvalue weighted by molar-refractivity contribution is -0.137. The fourth-order valence-corrected chi connectivity index (χ4v) is 3.12. The average molecular weight is 336 g/mol. The molecular weight excluding hydrogens is 321 g/mol. The molecule has 0 aliphatic rings. The Kier molecular flexibility index (Phi) is 5.93. The van der Waals surface area contributed by atoms with Crippen LogP contribution in [0.2, 0.25) is 0 Å². The van der Waals surface area contributed by atoms with Crippen LogP contribution in [-0.4, -0.2) is 26.2 Å². The molecular formula is C13H15F3N2O3S. The molecule has 9 heteroatoms. The largest absolute Gasteiger partial charge is 0.417 e. The van der Waals surface area contributed by atoms with Crippen LogP contribution < -0.4 is 4.72 Å². The molecule has 1 atom stereocenters. The first-order valence-corrected chi connectivity index (χ1v) is 7.84. The van der Waals surface area contributed by atoms with Gasteiger partial charge in [-0.3, -0.25) is 0 Å². The molecule has 0 aliphatic carbocycles. The van der Waals surface area contributed by atoms with Gasteiger partial charge in [-0.1, -0.05) is 0 Å². The summed E-state index contributed by atoms with van der Waals surface area (Å²) >= 11 is 0. The highest BCUT2D eigenvalue weighted by Crippen LogP contribution is 2.33. The summed E-state index contributed by atoms with van der Waals surface area (Å²) in [6, 6.07) is 3.07. The van der Waals surface area contributed by atoms with Crippen LogP contribution in [0.4, 0.5) is 13.2 Å². The first-order valence-electron chi connectivity index (χ1n) is 6.36. The number of aliphatic hydroxyl groups is 1. The Bertz CT molecular complexity index is 666. The SMILES string of the molecule is CC(CCCO)NS(=O)(=O)c1ccc(C#N)c(C(F)(F)F)c1. The van der Waals surface area contributed by atoms with Crippen LogP contribution in [0.1, 0.15) is 30.9 Å². The summed E-state index contributed by atoms with van der Waals surface area (Å²) in [6.45, 7) is 1.43. The highest BCUT2D eigenvalue weighted by Gasteiger charge is 2.35. The lowest BCUT2D eigenvalue weighted by atomic mass is 10.1. The molecule has 0 saturated carbocycles. The Morgan fingerprint density at radius 1 is 1.41 bits per heavy atom. The Morgan fingerprint density at radius 3 is 2.55 bits per heavy atom. The average Bonchev–Trinajstić information content (AvgIpc) is 2.43. The highest BCUT2D eigenvalue weighted by atomic mass is 32.2. The van der Waals surface area contributed by atoms with Gasteiger partial charge < -0.3 is 5.11 Å². The zero-order valence-corrected chi connectivity index (χ0v) is 12.5. The lowest BCUT2D eigenvalue weighted by Crippen LogP contribution is -2.33. The van der Waals surface area contributed by atoms with E-state index in [0.29, 0.717) is 18.9 Å². The number of sulfonamides is 1. The number of hydrogen-bond donors (Lipinski definition) is 2. The quantitative estimate of drug-likeness (QED) is 0.831. The number of nitriles is 1.